The minimum absolute atomic E-state index is 0.0194. The van der Waals surface area contributed by atoms with Crippen LogP contribution < -0.4 is 0 Å². The molecule has 0 aliphatic carbocycles. The first-order chi connectivity index (χ1) is 12.0. The third kappa shape index (κ3) is 3.57. The van der Waals surface area contributed by atoms with Crippen LogP contribution in [0.5, 0.6) is 0 Å². The molecule has 0 radical (unpaired) electrons. The Hall–Kier alpha value is -2.63. The molecule has 1 fully saturated rings. The Kier molecular flexibility index (Phi) is 4.88. The molecule has 0 bridgehead atoms. The van der Waals surface area contributed by atoms with Crippen LogP contribution in [-0.4, -0.2) is 45.2 Å². The number of carboxylic acids is 1. The molecule has 0 spiro atoms. The number of hydrogen-bond donors (Lipinski definition) is 2. The number of rotatable bonds is 5. The quantitative estimate of drug-likeness (QED) is 0.875. The maximum absolute atomic E-state index is 12.7. The van der Waals surface area contributed by atoms with Crippen molar-refractivity contribution < 1.29 is 14.7 Å². The van der Waals surface area contributed by atoms with Crippen molar-refractivity contribution in [2.75, 3.05) is 13.1 Å². The summed E-state index contributed by atoms with van der Waals surface area (Å²) in [7, 11) is 0. The van der Waals surface area contributed by atoms with Crippen LogP contribution in [0.2, 0.25) is 0 Å². The Bertz CT molecular complexity index is 766. The smallest absolute Gasteiger partial charge is 0.308 e. The monoisotopic (exact) mass is 341 g/mol. The molecule has 1 aromatic heterocycles. The van der Waals surface area contributed by atoms with Crippen LogP contribution in [0.3, 0.4) is 0 Å². The van der Waals surface area contributed by atoms with E-state index in [1.807, 2.05) is 38.1 Å². The average molecular weight is 341 g/mol. The maximum Gasteiger partial charge on any atom is 0.308 e. The van der Waals surface area contributed by atoms with E-state index in [1.165, 1.54) is 0 Å². The second-order valence-corrected chi connectivity index (χ2v) is 6.74. The molecule has 132 valence electrons. The van der Waals surface area contributed by atoms with Gasteiger partial charge in [0.05, 0.1) is 11.6 Å². The van der Waals surface area contributed by atoms with Gasteiger partial charge in [0, 0.05) is 18.7 Å². The van der Waals surface area contributed by atoms with E-state index in [-0.39, 0.29) is 18.4 Å². The average Bonchev–Trinajstić information content (AvgIpc) is 3.22. The van der Waals surface area contributed by atoms with E-state index < -0.39 is 11.9 Å². The standard InChI is InChI=1S/C19H23N3O3/c1-3-4-14-10-22(11-15(14)19(24)25)18(23)17-9-16(20-21-17)13-7-5-12(2)6-8-13/h5-9,14-15H,3-4,10-11H2,1-2H3,(H,20,21)(H,24,25)/t14-,15-/m1/s1. The number of carbonyl (C=O) groups is 2. The zero-order valence-electron chi connectivity index (χ0n) is 14.5. The van der Waals surface area contributed by atoms with Gasteiger partial charge in [-0.25, -0.2) is 0 Å². The molecule has 1 aliphatic heterocycles. The summed E-state index contributed by atoms with van der Waals surface area (Å²) in [5.41, 5.74) is 3.21. The Labute approximate surface area is 146 Å². The van der Waals surface area contributed by atoms with Crippen LogP contribution in [0.1, 0.15) is 35.8 Å². The lowest BCUT2D eigenvalue weighted by atomic mass is 9.92. The zero-order valence-corrected chi connectivity index (χ0v) is 14.5. The number of hydrogen-bond acceptors (Lipinski definition) is 3. The number of carbonyl (C=O) groups excluding carboxylic acids is 1. The fourth-order valence-electron chi connectivity index (χ4n) is 3.45. The number of H-pyrrole nitrogens is 1. The molecule has 3 rings (SSSR count). The predicted molar refractivity (Wildman–Crippen MR) is 94.2 cm³/mol. The van der Waals surface area contributed by atoms with E-state index in [0.717, 1.165) is 24.0 Å². The molecule has 6 heteroatoms. The van der Waals surface area contributed by atoms with Gasteiger partial charge in [-0.1, -0.05) is 43.2 Å². The third-order valence-electron chi connectivity index (χ3n) is 4.86. The van der Waals surface area contributed by atoms with Gasteiger partial charge in [0.1, 0.15) is 5.69 Å². The number of aromatic nitrogens is 2. The summed E-state index contributed by atoms with van der Waals surface area (Å²) < 4.78 is 0. The number of amides is 1. The molecule has 25 heavy (non-hydrogen) atoms. The minimum atomic E-state index is -0.821. The van der Waals surface area contributed by atoms with Gasteiger partial charge in [-0.2, -0.15) is 5.10 Å². The highest BCUT2D eigenvalue weighted by molar-refractivity contribution is 5.94. The first kappa shape index (κ1) is 17.2. The van der Waals surface area contributed by atoms with Gasteiger partial charge >= 0.3 is 5.97 Å². The number of aromatic amines is 1. The summed E-state index contributed by atoms with van der Waals surface area (Å²) in [5.74, 6) is -1.47. The molecule has 0 unspecified atom stereocenters. The van der Waals surface area contributed by atoms with E-state index in [9.17, 15) is 14.7 Å². The Morgan fingerprint density at radius 2 is 2.00 bits per heavy atom. The molecule has 1 saturated heterocycles. The topological polar surface area (TPSA) is 86.3 Å². The molecule has 1 aliphatic rings. The lowest BCUT2D eigenvalue weighted by Gasteiger charge is -2.14. The highest BCUT2D eigenvalue weighted by atomic mass is 16.4. The van der Waals surface area contributed by atoms with E-state index >= 15 is 0 Å². The SMILES string of the molecule is CCC[C@@H]1CN(C(=O)c2cc(-c3ccc(C)cc3)n[nH]2)C[C@H]1C(=O)O. The summed E-state index contributed by atoms with van der Waals surface area (Å²) in [4.78, 5) is 25.8. The van der Waals surface area contributed by atoms with Crippen LogP contribution in [0.4, 0.5) is 0 Å². The predicted octanol–water partition coefficient (Wildman–Crippen LogP) is 2.96. The van der Waals surface area contributed by atoms with Gasteiger partial charge in [0.2, 0.25) is 0 Å². The fraction of sp³-hybridized carbons (Fsp3) is 0.421. The molecule has 1 aromatic carbocycles. The Morgan fingerprint density at radius 3 is 2.64 bits per heavy atom. The summed E-state index contributed by atoms with van der Waals surface area (Å²) in [5, 5.41) is 16.4. The molecule has 2 heterocycles. The van der Waals surface area contributed by atoms with Crippen molar-refractivity contribution in [2.45, 2.75) is 26.7 Å². The molecule has 2 aromatic rings. The van der Waals surface area contributed by atoms with E-state index in [4.69, 9.17) is 0 Å². The number of aryl methyl sites for hydroxylation is 1. The van der Waals surface area contributed by atoms with Crippen LogP contribution in [-0.2, 0) is 4.79 Å². The molecule has 2 N–H and O–H groups in total. The van der Waals surface area contributed by atoms with Crippen LogP contribution in [0, 0.1) is 18.8 Å². The van der Waals surface area contributed by atoms with Crippen molar-refractivity contribution in [3.8, 4) is 11.3 Å². The fourth-order valence-corrected chi connectivity index (χ4v) is 3.45. The molecule has 0 saturated carbocycles. The molecular weight excluding hydrogens is 318 g/mol. The largest absolute Gasteiger partial charge is 0.481 e. The van der Waals surface area contributed by atoms with Crippen LogP contribution in [0.25, 0.3) is 11.3 Å². The zero-order chi connectivity index (χ0) is 18.0. The lowest BCUT2D eigenvalue weighted by molar-refractivity contribution is -0.142. The van der Waals surface area contributed by atoms with Crippen LogP contribution in [0.15, 0.2) is 30.3 Å². The summed E-state index contributed by atoms with van der Waals surface area (Å²) in [6.07, 6.45) is 1.73. The molecule has 1 amide bonds. The minimum Gasteiger partial charge on any atom is -0.481 e. The summed E-state index contributed by atoms with van der Waals surface area (Å²) in [6.45, 7) is 4.80. The van der Waals surface area contributed by atoms with Crippen molar-refractivity contribution in [2.24, 2.45) is 11.8 Å². The lowest BCUT2D eigenvalue weighted by Crippen LogP contribution is -2.30. The van der Waals surface area contributed by atoms with Crippen molar-refractivity contribution in [3.63, 3.8) is 0 Å². The molecular formula is C19H23N3O3. The number of carboxylic acid groups (broad SMARTS) is 1. The number of likely N-dealkylation sites (tertiary alicyclic amines) is 1. The normalized spacial score (nSPS) is 20.0. The van der Waals surface area contributed by atoms with E-state index in [1.54, 1.807) is 11.0 Å². The first-order valence-corrected chi connectivity index (χ1v) is 8.64. The second kappa shape index (κ2) is 7.09. The van der Waals surface area contributed by atoms with Gasteiger partial charge in [0.25, 0.3) is 5.91 Å². The number of nitrogens with zero attached hydrogens (tertiary/aromatic N) is 2. The molecule has 6 nitrogen and oxygen atoms in total. The van der Waals surface area contributed by atoms with E-state index in [0.29, 0.717) is 17.9 Å². The van der Waals surface area contributed by atoms with Gasteiger partial charge in [0.15, 0.2) is 0 Å². The van der Waals surface area contributed by atoms with Crippen LogP contribution >= 0.6 is 0 Å². The number of benzene rings is 1. The summed E-state index contributed by atoms with van der Waals surface area (Å²) in [6, 6.07) is 9.66. The second-order valence-electron chi connectivity index (χ2n) is 6.74. The highest BCUT2D eigenvalue weighted by Crippen LogP contribution is 2.29. The maximum atomic E-state index is 12.7. The Morgan fingerprint density at radius 1 is 1.28 bits per heavy atom. The Balaban J connectivity index is 1.75. The third-order valence-corrected chi connectivity index (χ3v) is 4.86. The van der Waals surface area contributed by atoms with Gasteiger partial charge in [-0.05, 0) is 25.3 Å². The van der Waals surface area contributed by atoms with Crippen molar-refractivity contribution >= 4 is 11.9 Å². The van der Waals surface area contributed by atoms with Crippen molar-refractivity contribution in [1.82, 2.24) is 15.1 Å². The molecule has 2 atom stereocenters. The number of aliphatic carboxylic acids is 1. The van der Waals surface area contributed by atoms with Crippen molar-refractivity contribution in [3.05, 3.63) is 41.6 Å². The van der Waals surface area contributed by atoms with Crippen molar-refractivity contribution in [1.29, 1.82) is 0 Å². The number of nitrogens with one attached hydrogen (secondary N) is 1. The van der Waals surface area contributed by atoms with Gasteiger partial charge in [-0.15, -0.1) is 0 Å². The van der Waals surface area contributed by atoms with Gasteiger partial charge in [-0.3, -0.25) is 14.7 Å². The van der Waals surface area contributed by atoms with E-state index in [2.05, 4.69) is 10.2 Å². The summed E-state index contributed by atoms with van der Waals surface area (Å²) >= 11 is 0. The van der Waals surface area contributed by atoms with Gasteiger partial charge < -0.3 is 10.0 Å². The highest BCUT2D eigenvalue weighted by Gasteiger charge is 2.39. The first-order valence-electron chi connectivity index (χ1n) is 8.64.